The maximum atomic E-state index is 13.6. The second kappa shape index (κ2) is 10.2. The van der Waals surface area contributed by atoms with E-state index in [9.17, 15) is 14.4 Å². The summed E-state index contributed by atoms with van der Waals surface area (Å²) in [6.45, 7) is 2.68. The molecule has 0 spiro atoms. The summed E-state index contributed by atoms with van der Waals surface area (Å²) >= 11 is 0. The summed E-state index contributed by atoms with van der Waals surface area (Å²) in [5.74, 6) is -0.279. The van der Waals surface area contributed by atoms with Gasteiger partial charge in [-0.25, -0.2) is 0 Å². The summed E-state index contributed by atoms with van der Waals surface area (Å²) < 4.78 is 0. The lowest BCUT2D eigenvalue weighted by Crippen LogP contribution is -2.57. The van der Waals surface area contributed by atoms with Crippen LogP contribution in [0.4, 0.5) is 17.1 Å². The SMILES string of the molecule is CN(C)c1ccc(CNC(=O)CN2C(=O)[C@H]3CCCCN3c3ccc(C(=O)N4CCCC4)cc32)cc1. The first-order valence-corrected chi connectivity index (χ1v) is 13.0. The molecular formula is C28H35N5O3. The van der Waals surface area contributed by atoms with Gasteiger partial charge in [-0.1, -0.05) is 12.1 Å². The number of benzene rings is 2. The number of hydrogen-bond donors (Lipinski definition) is 1. The van der Waals surface area contributed by atoms with Crippen LogP contribution in [0, 0.1) is 0 Å². The number of piperidine rings is 1. The first kappa shape index (κ1) is 24.2. The molecule has 1 atom stereocenters. The molecule has 0 bridgehead atoms. The molecule has 8 heteroatoms. The number of likely N-dealkylation sites (tertiary alicyclic amines) is 1. The number of carbonyl (C=O) groups excluding carboxylic acids is 3. The van der Waals surface area contributed by atoms with E-state index < -0.39 is 0 Å². The van der Waals surface area contributed by atoms with Crippen LogP contribution in [-0.2, 0) is 16.1 Å². The minimum Gasteiger partial charge on any atom is -0.378 e. The number of hydrogen-bond acceptors (Lipinski definition) is 5. The third kappa shape index (κ3) is 4.76. The number of fused-ring (bicyclic) bond motifs is 3. The van der Waals surface area contributed by atoms with Gasteiger partial charge in [0.15, 0.2) is 0 Å². The monoisotopic (exact) mass is 489 g/mol. The van der Waals surface area contributed by atoms with Crippen LogP contribution in [0.25, 0.3) is 0 Å². The lowest BCUT2D eigenvalue weighted by Gasteiger charge is -2.45. The van der Waals surface area contributed by atoms with E-state index in [2.05, 4.69) is 10.2 Å². The van der Waals surface area contributed by atoms with Gasteiger partial charge >= 0.3 is 0 Å². The number of nitrogens with zero attached hydrogens (tertiary/aromatic N) is 4. The molecule has 0 aliphatic carbocycles. The summed E-state index contributed by atoms with van der Waals surface area (Å²) in [5, 5.41) is 2.97. The Bertz CT molecular complexity index is 1140. The van der Waals surface area contributed by atoms with Gasteiger partial charge in [0.2, 0.25) is 11.8 Å². The maximum absolute atomic E-state index is 13.6. The van der Waals surface area contributed by atoms with Crippen LogP contribution in [0.1, 0.15) is 48.0 Å². The molecule has 2 fully saturated rings. The Hall–Kier alpha value is -3.55. The van der Waals surface area contributed by atoms with Gasteiger partial charge in [0.05, 0.1) is 11.4 Å². The molecule has 5 rings (SSSR count). The Morgan fingerprint density at radius 2 is 1.67 bits per heavy atom. The molecule has 8 nitrogen and oxygen atoms in total. The highest BCUT2D eigenvalue weighted by atomic mass is 16.2. The van der Waals surface area contributed by atoms with Gasteiger partial charge in [0.25, 0.3) is 5.91 Å². The van der Waals surface area contributed by atoms with Gasteiger partial charge in [-0.15, -0.1) is 0 Å². The second-order valence-electron chi connectivity index (χ2n) is 10.2. The summed E-state index contributed by atoms with van der Waals surface area (Å²) in [4.78, 5) is 47.3. The Balaban J connectivity index is 1.36. The predicted octanol–water partition coefficient (Wildman–Crippen LogP) is 3.01. The third-order valence-corrected chi connectivity index (χ3v) is 7.51. The molecule has 3 heterocycles. The van der Waals surface area contributed by atoms with E-state index in [1.807, 2.05) is 66.4 Å². The fourth-order valence-electron chi connectivity index (χ4n) is 5.47. The van der Waals surface area contributed by atoms with Crippen molar-refractivity contribution >= 4 is 34.8 Å². The zero-order chi connectivity index (χ0) is 25.2. The van der Waals surface area contributed by atoms with Crippen molar-refractivity contribution < 1.29 is 14.4 Å². The van der Waals surface area contributed by atoms with E-state index in [0.29, 0.717) is 17.8 Å². The molecule has 2 aromatic carbocycles. The van der Waals surface area contributed by atoms with Crippen LogP contribution in [0.5, 0.6) is 0 Å². The van der Waals surface area contributed by atoms with Crippen LogP contribution in [0.3, 0.4) is 0 Å². The molecular weight excluding hydrogens is 454 g/mol. The van der Waals surface area contributed by atoms with Crippen LogP contribution < -0.4 is 20.0 Å². The highest BCUT2D eigenvalue weighted by Gasteiger charge is 2.40. The molecule has 36 heavy (non-hydrogen) atoms. The molecule has 3 aliphatic rings. The Kier molecular flexibility index (Phi) is 6.85. The van der Waals surface area contributed by atoms with E-state index >= 15 is 0 Å². The number of carbonyl (C=O) groups is 3. The molecule has 3 aliphatic heterocycles. The molecule has 190 valence electrons. The molecule has 0 radical (unpaired) electrons. The minimum atomic E-state index is -0.252. The van der Waals surface area contributed by atoms with Crippen molar-refractivity contribution in [1.82, 2.24) is 10.2 Å². The van der Waals surface area contributed by atoms with Gasteiger partial charge in [-0.2, -0.15) is 0 Å². The lowest BCUT2D eigenvalue weighted by atomic mass is 9.95. The quantitative estimate of drug-likeness (QED) is 0.675. The standard InChI is InChI=1S/C28H35N5O3/c1-30(2)22-11-8-20(9-12-22)18-29-26(34)19-33-25-17-21(27(35)31-14-5-6-15-31)10-13-23(25)32-16-4-3-7-24(32)28(33)36/h8-13,17,24H,3-7,14-16,18-19H2,1-2H3,(H,29,34)/t24-/m1/s1. The molecule has 2 saturated heterocycles. The van der Waals surface area contributed by atoms with Crippen molar-refractivity contribution in [2.45, 2.75) is 44.7 Å². The average molecular weight is 490 g/mol. The van der Waals surface area contributed by atoms with E-state index in [4.69, 9.17) is 0 Å². The molecule has 3 amide bonds. The van der Waals surface area contributed by atoms with Crippen molar-refractivity contribution in [2.24, 2.45) is 0 Å². The highest BCUT2D eigenvalue weighted by molar-refractivity contribution is 6.09. The zero-order valence-corrected chi connectivity index (χ0v) is 21.2. The van der Waals surface area contributed by atoms with Crippen LogP contribution >= 0.6 is 0 Å². The average Bonchev–Trinajstić information content (AvgIpc) is 3.44. The second-order valence-corrected chi connectivity index (χ2v) is 10.2. The van der Waals surface area contributed by atoms with Crippen LogP contribution in [0.2, 0.25) is 0 Å². The Morgan fingerprint density at radius 3 is 2.39 bits per heavy atom. The number of rotatable bonds is 6. The Labute approximate surface area is 212 Å². The van der Waals surface area contributed by atoms with Crippen molar-refractivity contribution in [3.63, 3.8) is 0 Å². The van der Waals surface area contributed by atoms with Gasteiger partial charge < -0.3 is 20.0 Å². The normalized spacial score (nSPS) is 19.1. The van der Waals surface area contributed by atoms with Gasteiger partial charge in [-0.05, 0) is 68.0 Å². The van der Waals surface area contributed by atoms with Crippen molar-refractivity contribution in [3.05, 3.63) is 53.6 Å². The van der Waals surface area contributed by atoms with E-state index in [0.717, 1.165) is 68.7 Å². The first-order valence-electron chi connectivity index (χ1n) is 13.0. The number of amides is 3. The number of anilines is 3. The number of nitrogens with one attached hydrogen (secondary N) is 1. The predicted molar refractivity (Wildman–Crippen MR) is 142 cm³/mol. The van der Waals surface area contributed by atoms with Crippen molar-refractivity contribution in [2.75, 3.05) is 55.0 Å². The molecule has 0 unspecified atom stereocenters. The van der Waals surface area contributed by atoms with Crippen molar-refractivity contribution in [3.8, 4) is 0 Å². The minimum absolute atomic E-state index is 0.00547. The van der Waals surface area contributed by atoms with E-state index in [-0.39, 0.29) is 30.3 Å². The lowest BCUT2D eigenvalue weighted by molar-refractivity contribution is -0.125. The topological polar surface area (TPSA) is 76.2 Å². The summed E-state index contributed by atoms with van der Waals surface area (Å²) in [6.07, 6.45) is 4.86. The van der Waals surface area contributed by atoms with Crippen LogP contribution in [0.15, 0.2) is 42.5 Å². The van der Waals surface area contributed by atoms with Crippen LogP contribution in [-0.4, -0.2) is 68.9 Å². The smallest absolute Gasteiger partial charge is 0.253 e. The zero-order valence-electron chi connectivity index (χ0n) is 21.2. The third-order valence-electron chi connectivity index (χ3n) is 7.51. The summed E-state index contributed by atoms with van der Waals surface area (Å²) in [7, 11) is 3.98. The van der Waals surface area contributed by atoms with E-state index in [1.54, 1.807) is 4.90 Å². The summed E-state index contributed by atoms with van der Waals surface area (Å²) in [5.41, 5.74) is 4.26. The molecule has 0 aromatic heterocycles. The fraction of sp³-hybridized carbons (Fsp3) is 0.464. The molecule has 0 saturated carbocycles. The van der Waals surface area contributed by atoms with Gasteiger partial charge in [0, 0.05) is 51.5 Å². The Morgan fingerprint density at radius 1 is 0.944 bits per heavy atom. The summed E-state index contributed by atoms with van der Waals surface area (Å²) in [6, 6.07) is 13.4. The maximum Gasteiger partial charge on any atom is 0.253 e. The van der Waals surface area contributed by atoms with E-state index in [1.165, 1.54) is 0 Å². The van der Waals surface area contributed by atoms with Gasteiger partial charge in [0.1, 0.15) is 12.6 Å². The molecule has 2 aromatic rings. The largest absolute Gasteiger partial charge is 0.378 e. The highest BCUT2D eigenvalue weighted by Crippen LogP contribution is 2.40. The van der Waals surface area contributed by atoms with Gasteiger partial charge in [-0.3, -0.25) is 19.3 Å². The molecule has 1 N–H and O–H groups in total. The van der Waals surface area contributed by atoms with Crippen molar-refractivity contribution in [1.29, 1.82) is 0 Å². The fourth-order valence-corrected chi connectivity index (χ4v) is 5.47. The first-order chi connectivity index (χ1) is 17.4.